The maximum Gasteiger partial charge on any atom is 0.275 e. The van der Waals surface area contributed by atoms with Crippen molar-refractivity contribution in [2.45, 2.75) is 49.6 Å². The van der Waals surface area contributed by atoms with Crippen molar-refractivity contribution in [3.63, 3.8) is 0 Å². The smallest absolute Gasteiger partial charge is 0.275 e. The molecule has 2 aromatic heterocycles. The Kier molecular flexibility index (Phi) is 6.29. The molecule has 2 saturated heterocycles. The van der Waals surface area contributed by atoms with Gasteiger partial charge in [0.1, 0.15) is 5.52 Å². The summed E-state index contributed by atoms with van der Waals surface area (Å²) in [5.41, 5.74) is 3.70. The largest absolute Gasteiger partial charge is 0.375 e. The summed E-state index contributed by atoms with van der Waals surface area (Å²) in [5.74, 6) is 0. The SMILES string of the molecule is Cc1ccc(S(=O)(=O)n2cc(-c3ccc(CN4CCC5(CCCO5)CC4)cc3)c3ccn(C)c(=O)c32)cc1. The number of pyridine rings is 1. The maximum absolute atomic E-state index is 13.6. The van der Waals surface area contributed by atoms with Gasteiger partial charge in [0.15, 0.2) is 0 Å². The van der Waals surface area contributed by atoms with E-state index in [1.807, 2.05) is 25.1 Å². The molecule has 38 heavy (non-hydrogen) atoms. The van der Waals surface area contributed by atoms with Crippen LogP contribution in [0, 0.1) is 6.92 Å². The Morgan fingerprint density at radius 3 is 2.32 bits per heavy atom. The number of likely N-dealkylation sites (tertiary alicyclic amines) is 1. The van der Waals surface area contributed by atoms with Crippen LogP contribution in [0.25, 0.3) is 22.0 Å². The third-order valence-electron chi connectivity index (χ3n) is 8.20. The minimum atomic E-state index is -3.96. The molecule has 2 fully saturated rings. The second-order valence-corrected chi connectivity index (χ2v) is 12.6. The van der Waals surface area contributed by atoms with Gasteiger partial charge in [-0.15, -0.1) is 0 Å². The average molecular weight is 532 g/mol. The molecule has 0 unspecified atom stereocenters. The van der Waals surface area contributed by atoms with E-state index in [9.17, 15) is 13.2 Å². The third-order valence-corrected chi connectivity index (χ3v) is 9.87. The first-order chi connectivity index (χ1) is 18.3. The van der Waals surface area contributed by atoms with Crippen molar-refractivity contribution in [3.8, 4) is 11.1 Å². The van der Waals surface area contributed by atoms with E-state index in [4.69, 9.17) is 4.74 Å². The van der Waals surface area contributed by atoms with Crippen LogP contribution in [0.5, 0.6) is 0 Å². The molecule has 2 aliphatic rings. The molecule has 7 nitrogen and oxygen atoms in total. The van der Waals surface area contributed by atoms with Gasteiger partial charge in [0.05, 0.1) is 10.5 Å². The van der Waals surface area contributed by atoms with Crippen LogP contribution in [0.4, 0.5) is 0 Å². The Labute approximate surface area is 223 Å². The highest BCUT2D eigenvalue weighted by Crippen LogP contribution is 2.36. The van der Waals surface area contributed by atoms with Gasteiger partial charge in [0, 0.05) is 56.6 Å². The van der Waals surface area contributed by atoms with Crippen LogP contribution < -0.4 is 5.56 Å². The lowest BCUT2D eigenvalue weighted by Crippen LogP contribution is -2.43. The number of benzene rings is 2. The molecule has 4 aromatic rings. The highest BCUT2D eigenvalue weighted by molar-refractivity contribution is 7.90. The van der Waals surface area contributed by atoms with Gasteiger partial charge in [0.2, 0.25) is 0 Å². The van der Waals surface area contributed by atoms with Crippen molar-refractivity contribution in [2.24, 2.45) is 7.05 Å². The van der Waals surface area contributed by atoms with Crippen LogP contribution >= 0.6 is 0 Å². The molecule has 2 aliphatic heterocycles. The van der Waals surface area contributed by atoms with Gasteiger partial charge in [0.25, 0.3) is 15.6 Å². The number of nitrogens with zero attached hydrogens (tertiary/aromatic N) is 3. The lowest BCUT2D eigenvalue weighted by atomic mass is 9.88. The zero-order valence-electron chi connectivity index (χ0n) is 21.9. The number of ether oxygens (including phenoxy) is 1. The fourth-order valence-corrected chi connectivity index (χ4v) is 7.22. The van der Waals surface area contributed by atoms with Gasteiger partial charge in [-0.05, 0) is 61.9 Å². The molecule has 2 aromatic carbocycles. The average Bonchev–Trinajstić information content (AvgIpc) is 3.54. The Morgan fingerprint density at radius 1 is 0.947 bits per heavy atom. The Balaban J connectivity index is 1.31. The van der Waals surface area contributed by atoms with Crippen molar-refractivity contribution in [3.05, 3.63) is 88.5 Å². The molecule has 6 rings (SSSR count). The fourth-order valence-electron chi connectivity index (χ4n) is 5.86. The van der Waals surface area contributed by atoms with Gasteiger partial charge in [-0.3, -0.25) is 9.69 Å². The molecular formula is C30H33N3O4S. The van der Waals surface area contributed by atoms with Crippen LogP contribution in [0.2, 0.25) is 0 Å². The lowest BCUT2D eigenvalue weighted by molar-refractivity contribution is -0.0447. The predicted molar refractivity (Wildman–Crippen MR) is 149 cm³/mol. The van der Waals surface area contributed by atoms with Crippen LogP contribution in [0.15, 0.2) is 76.7 Å². The Hall–Kier alpha value is -3.20. The zero-order chi connectivity index (χ0) is 26.5. The molecule has 0 bridgehead atoms. The molecule has 1 spiro atoms. The summed E-state index contributed by atoms with van der Waals surface area (Å²) in [7, 11) is -2.33. The van der Waals surface area contributed by atoms with Crippen LogP contribution in [-0.4, -0.2) is 47.2 Å². The van der Waals surface area contributed by atoms with Gasteiger partial charge in [-0.25, -0.2) is 12.4 Å². The molecular weight excluding hydrogens is 498 g/mol. The number of fused-ring (bicyclic) bond motifs is 1. The van der Waals surface area contributed by atoms with Gasteiger partial charge >= 0.3 is 0 Å². The molecule has 198 valence electrons. The second-order valence-electron chi connectivity index (χ2n) is 10.8. The number of hydrogen-bond acceptors (Lipinski definition) is 5. The van der Waals surface area contributed by atoms with E-state index < -0.39 is 10.0 Å². The minimum Gasteiger partial charge on any atom is -0.375 e. The quantitative estimate of drug-likeness (QED) is 0.373. The van der Waals surface area contributed by atoms with Crippen molar-refractivity contribution in [1.82, 2.24) is 13.4 Å². The summed E-state index contributed by atoms with van der Waals surface area (Å²) in [6.07, 6.45) is 7.82. The van der Waals surface area contributed by atoms with E-state index >= 15 is 0 Å². The first kappa shape index (κ1) is 25.1. The zero-order valence-corrected chi connectivity index (χ0v) is 22.7. The van der Waals surface area contributed by atoms with E-state index in [2.05, 4.69) is 17.0 Å². The second kappa shape index (κ2) is 9.52. The van der Waals surface area contributed by atoms with E-state index in [0.717, 1.165) is 59.7 Å². The number of piperidine rings is 1. The summed E-state index contributed by atoms with van der Waals surface area (Å²) in [5, 5.41) is 0.620. The van der Waals surface area contributed by atoms with E-state index in [-0.39, 0.29) is 21.6 Å². The number of rotatable bonds is 5. The predicted octanol–water partition coefficient (Wildman–Crippen LogP) is 4.70. The molecule has 0 aliphatic carbocycles. The van der Waals surface area contributed by atoms with Crippen molar-refractivity contribution in [1.29, 1.82) is 0 Å². The molecule has 4 heterocycles. The minimum absolute atomic E-state index is 0.116. The van der Waals surface area contributed by atoms with E-state index in [1.165, 1.54) is 23.0 Å². The summed E-state index contributed by atoms with van der Waals surface area (Å²) in [6, 6.07) is 16.8. The lowest BCUT2D eigenvalue weighted by Gasteiger charge is -2.38. The normalized spacial score (nSPS) is 17.9. The van der Waals surface area contributed by atoms with Crippen molar-refractivity contribution in [2.75, 3.05) is 19.7 Å². The Bertz CT molecular complexity index is 1630. The molecule has 8 heteroatoms. The van der Waals surface area contributed by atoms with Crippen LogP contribution in [-0.2, 0) is 28.4 Å². The molecule has 0 N–H and O–H groups in total. The fraction of sp³-hybridized carbons (Fsp3) is 0.367. The van der Waals surface area contributed by atoms with E-state index in [1.54, 1.807) is 43.7 Å². The third kappa shape index (κ3) is 4.40. The van der Waals surface area contributed by atoms with Crippen molar-refractivity contribution >= 4 is 20.9 Å². The topological polar surface area (TPSA) is 73.5 Å². The number of hydrogen-bond donors (Lipinski definition) is 0. The van der Waals surface area contributed by atoms with Crippen LogP contribution in [0.1, 0.15) is 36.8 Å². The molecule has 0 radical (unpaired) electrons. The number of aromatic nitrogens is 2. The molecule has 0 amide bonds. The number of aryl methyl sites for hydroxylation is 2. The van der Waals surface area contributed by atoms with Crippen LogP contribution in [0.3, 0.4) is 0 Å². The first-order valence-corrected chi connectivity index (χ1v) is 14.7. The van der Waals surface area contributed by atoms with Gasteiger partial charge < -0.3 is 9.30 Å². The summed E-state index contributed by atoms with van der Waals surface area (Å²) in [6.45, 7) is 5.76. The highest BCUT2D eigenvalue weighted by Gasteiger charge is 2.38. The summed E-state index contributed by atoms with van der Waals surface area (Å²) in [4.78, 5) is 15.8. The monoisotopic (exact) mass is 531 g/mol. The standard InChI is InChI=1S/C30H33N3O4S/c1-22-4-10-25(11-5-22)38(35,36)33-21-27(26-12-16-31(2)29(34)28(26)33)24-8-6-23(7-9-24)20-32-17-14-30(15-18-32)13-3-19-37-30/h4-12,16,21H,3,13-15,17-20H2,1-2H3. The summed E-state index contributed by atoms with van der Waals surface area (Å²) >= 11 is 0. The Morgan fingerprint density at radius 2 is 1.66 bits per heavy atom. The molecule has 0 atom stereocenters. The van der Waals surface area contributed by atoms with Gasteiger partial charge in [-0.2, -0.15) is 0 Å². The first-order valence-electron chi connectivity index (χ1n) is 13.2. The molecule has 0 saturated carbocycles. The van der Waals surface area contributed by atoms with E-state index in [0.29, 0.717) is 5.39 Å². The summed E-state index contributed by atoms with van der Waals surface area (Å²) < 4.78 is 35.9. The van der Waals surface area contributed by atoms with Gasteiger partial charge in [-0.1, -0.05) is 42.0 Å². The highest BCUT2D eigenvalue weighted by atomic mass is 32.2. The van der Waals surface area contributed by atoms with Crippen molar-refractivity contribution < 1.29 is 13.2 Å². The maximum atomic E-state index is 13.6.